The van der Waals surface area contributed by atoms with Crippen molar-refractivity contribution in [3.8, 4) is 0 Å². The molecule has 0 radical (unpaired) electrons. The van der Waals surface area contributed by atoms with Crippen LogP contribution in [0.5, 0.6) is 0 Å². The molecule has 0 saturated heterocycles. The van der Waals surface area contributed by atoms with Gasteiger partial charge in [-0.3, -0.25) is 4.79 Å². The zero-order valence-corrected chi connectivity index (χ0v) is 20.7. The highest BCUT2D eigenvalue weighted by molar-refractivity contribution is 6.06. The van der Waals surface area contributed by atoms with Gasteiger partial charge in [-0.15, -0.1) is 0 Å². The number of benzene rings is 3. The molecule has 0 aromatic heterocycles. The summed E-state index contributed by atoms with van der Waals surface area (Å²) in [5.74, 6) is 0.575. The zero-order valence-electron chi connectivity index (χ0n) is 20.7. The summed E-state index contributed by atoms with van der Waals surface area (Å²) in [6, 6.07) is 26.8. The zero-order chi connectivity index (χ0) is 24.6. The molecule has 35 heavy (non-hydrogen) atoms. The number of amides is 1. The number of hydrogen-bond acceptors (Lipinski definition) is 3. The summed E-state index contributed by atoms with van der Waals surface area (Å²) in [5.41, 5.74) is 6.47. The third kappa shape index (κ3) is 7.17. The first-order chi connectivity index (χ1) is 17.0. The average molecular weight is 466 g/mol. The third-order valence-electron chi connectivity index (χ3n) is 6.17. The van der Waals surface area contributed by atoms with Crippen LogP contribution in [-0.2, 0) is 11.2 Å². The maximum atomic E-state index is 13.3. The lowest BCUT2D eigenvalue weighted by Gasteiger charge is -2.21. The maximum Gasteiger partial charge on any atom is 0.272 e. The molecule has 3 aromatic rings. The Labute approximate surface area is 209 Å². The van der Waals surface area contributed by atoms with Crippen molar-refractivity contribution in [2.24, 2.45) is 5.92 Å². The lowest BCUT2D eigenvalue weighted by molar-refractivity contribution is -0.112. The standard InChI is InChI=1S/C31H35N3O/c1-4-23-10-8-14-27(19-23)33-29(18-22(2)3)31(35)34-28-15-9-13-26(20-28)30(32-21-24-16-17-24)25-11-6-5-7-12-25/h5-15,18-20,24,30,32-33H,2,4,16-17,21H2,1,3H3,(H,34,35)/b29-18-. The second-order valence-corrected chi connectivity index (χ2v) is 9.36. The topological polar surface area (TPSA) is 53.2 Å². The van der Waals surface area contributed by atoms with Crippen LogP contribution in [0.4, 0.5) is 11.4 Å². The summed E-state index contributed by atoms with van der Waals surface area (Å²) in [5, 5.41) is 10.1. The molecule has 3 N–H and O–H groups in total. The quantitative estimate of drug-likeness (QED) is 0.214. The van der Waals surface area contributed by atoms with Gasteiger partial charge in [0.15, 0.2) is 0 Å². The molecule has 1 aliphatic rings. The fraction of sp³-hybridized carbons (Fsp3) is 0.258. The first kappa shape index (κ1) is 24.5. The Balaban J connectivity index is 1.54. The minimum atomic E-state index is -0.200. The van der Waals surface area contributed by atoms with Crippen LogP contribution >= 0.6 is 0 Å². The summed E-state index contributed by atoms with van der Waals surface area (Å²) < 4.78 is 0. The number of anilines is 2. The highest BCUT2D eigenvalue weighted by Gasteiger charge is 2.23. The smallest absolute Gasteiger partial charge is 0.272 e. The van der Waals surface area contributed by atoms with E-state index in [1.54, 1.807) is 6.08 Å². The molecule has 1 atom stereocenters. The fourth-order valence-corrected chi connectivity index (χ4v) is 4.10. The second-order valence-electron chi connectivity index (χ2n) is 9.36. The molecule has 4 nitrogen and oxygen atoms in total. The summed E-state index contributed by atoms with van der Waals surface area (Å²) in [4.78, 5) is 13.3. The summed E-state index contributed by atoms with van der Waals surface area (Å²) in [6.45, 7) is 8.97. The van der Waals surface area contributed by atoms with E-state index in [9.17, 15) is 4.79 Å². The monoisotopic (exact) mass is 465 g/mol. The van der Waals surface area contributed by atoms with Crippen LogP contribution in [0.15, 0.2) is 103 Å². The van der Waals surface area contributed by atoms with E-state index in [0.717, 1.165) is 41.4 Å². The van der Waals surface area contributed by atoms with Crippen LogP contribution < -0.4 is 16.0 Å². The first-order valence-electron chi connectivity index (χ1n) is 12.4. The van der Waals surface area contributed by atoms with E-state index in [1.807, 2.05) is 37.3 Å². The first-order valence-corrected chi connectivity index (χ1v) is 12.4. The number of hydrogen-bond donors (Lipinski definition) is 3. The lowest BCUT2D eigenvalue weighted by atomic mass is 9.98. The Morgan fingerprint density at radius 2 is 1.63 bits per heavy atom. The summed E-state index contributed by atoms with van der Waals surface area (Å²) in [7, 11) is 0. The van der Waals surface area contributed by atoms with Crippen molar-refractivity contribution in [1.82, 2.24) is 5.32 Å². The third-order valence-corrected chi connectivity index (χ3v) is 6.17. The SMILES string of the molecule is C=C(C)/C=C(\Nc1cccc(CC)c1)C(=O)Nc1cccc(C(NCC2CC2)c2ccccc2)c1. The van der Waals surface area contributed by atoms with Crippen molar-refractivity contribution in [3.63, 3.8) is 0 Å². The molecule has 180 valence electrons. The number of nitrogens with one attached hydrogen (secondary N) is 3. The molecule has 0 spiro atoms. The minimum Gasteiger partial charge on any atom is -0.351 e. The summed E-state index contributed by atoms with van der Waals surface area (Å²) in [6.07, 6.45) is 5.32. The molecule has 3 aromatic carbocycles. The van der Waals surface area contributed by atoms with Crippen molar-refractivity contribution in [1.29, 1.82) is 0 Å². The van der Waals surface area contributed by atoms with Crippen molar-refractivity contribution in [3.05, 3.63) is 119 Å². The highest BCUT2D eigenvalue weighted by Crippen LogP contribution is 2.30. The van der Waals surface area contributed by atoms with E-state index in [0.29, 0.717) is 5.70 Å². The van der Waals surface area contributed by atoms with Crippen LogP contribution in [-0.4, -0.2) is 12.5 Å². The van der Waals surface area contributed by atoms with Gasteiger partial charge in [-0.1, -0.05) is 73.7 Å². The number of aryl methyl sites for hydroxylation is 1. The largest absolute Gasteiger partial charge is 0.351 e. The van der Waals surface area contributed by atoms with Crippen LogP contribution in [0, 0.1) is 5.92 Å². The molecule has 1 saturated carbocycles. The number of carbonyl (C=O) groups is 1. The molecule has 1 aliphatic carbocycles. The van der Waals surface area contributed by atoms with Crippen LogP contribution in [0.25, 0.3) is 0 Å². The molecule has 1 unspecified atom stereocenters. The molecule has 4 heteroatoms. The van der Waals surface area contributed by atoms with Crippen molar-refractivity contribution in [2.45, 2.75) is 39.2 Å². The van der Waals surface area contributed by atoms with Gasteiger partial charge >= 0.3 is 0 Å². The van der Waals surface area contributed by atoms with E-state index in [-0.39, 0.29) is 11.9 Å². The predicted molar refractivity (Wildman–Crippen MR) is 146 cm³/mol. The fourth-order valence-electron chi connectivity index (χ4n) is 4.10. The molecular formula is C31H35N3O. The molecule has 0 bridgehead atoms. The van der Waals surface area contributed by atoms with E-state index in [4.69, 9.17) is 0 Å². The molecular weight excluding hydrogens is 430 g/mol. The van der Waals surface area contributed by atoms with Crippen molar-refractivity contribution < 1.29 is 4.79 Å². The average Bonchev–Trinajstić information content (AvgIpc) is 3.69. The minimum absolute atomic E-state index is 0.0778. The number of allylic oxidation sites excluding steroid dienone is 2. The van der Waals surface area contributed by atoms with Crippen LogP contribution in [0.3, 0.4) is 0 Å². The van der Waals surface area contributed by atoms with Crippen molar-refractivity contribution in [2.75, 3.05) is 17.2 Å². The van der Waals surface area contributed by atoms with E-state index in [1.165, 1.54) is 24.0 Å². The molecule has 0 heterocycles. The predicted octanol–water partition coefficient (Wildman–Crippen LogP) is 6.85. The van der Waals surface area contributed by atoms with E-state index < -0.39 is 0 Å². The maximum absolute atomic E-state index is 13.3. The summed E-state index contributed by atoms with van der Waals surface area (Å²) >= 11 is 0. The Hall–Kier alpha value is -3.63. The number of carbonyl (C=O) groups excluding carboxylic acids is 1. The van der Waals surface area contributed by atoms with Gasteiger partial charge in [-0.25, -0.2) is 0 Å². The van der Waals surface area contributed by atoms with Crippen molar-refractivity contribution >= 4 is 17.3 Å². The van der Waals surface area contributed by atoms with Gasteiger partial charge in [-0.2, -0.15) is 0 Å². The van der Waals surface area contributed by atoms with Crippen LogP contribution in [0.2, 0.25) is 0 Å². The lowest BCUT2D eigenvalue weighted by Crippen LogP contribution is -2.25. The number of rotatable bonds is 11. The van der Waals surface area contributed by atoms with Gasteiger partial charge in [-0.05, 0) is 85.7 Å². The molecule has 0 aliphatic heterocycles. The normalized spacial score (nSPS) is 14.3. The Morgan fingerprint density at radius 3 is 2.31 bits per heavy atom. The molecule has 1 fully saturated rings. The van der Waals surface area contributed by atoms with Gasteiger partial charge in [0.25, 0.3) is 5.91 Å². The van der Waals surface area contributed by atoms with Gasteiger partial charge in [0.05, 0.1) is 6.04 Å². The van der Waals surface area contributed by atoms with Gasteiger partial charge in [0.1, 0.15) is 5.70 Å². The molecule has 1 amide bonds. The van der Waals surface area contributed by atoms with E-state index >= 15 is 0 Å². The Morgan fingerprint density at radius 1 is 0.943 bits per heavy atom. The highest BCUT2D eigenvalue weighted by atomic mass is 16.2. The van der Waals surface area contributed by atoms with E-state index in [2.05, 4.69) is 78.0 Å². The Kier molecular flexibility index (Phi) is 8.17. The van der Waals surface area contributed by atoms with Gasteiger partial charge in [0, 0.05) is 11.4 Å². The van der Waals surface area contributed by atoms with Gasteiger partial charge in [0.2, 0.25) is 0 Å². The Bertz CT molecular complexity index is 1190. The second kappa shape index (κ2) is 11.7. The van der Waals surface area contributed by atoms with Crippen LogP contribution in [0.1, 0.15) is 49.4 Å². The van der Waals surface area contributed by atoms with Gasteiger partial charge < -0.3 is 16.0 Å². The molecule has 4 rings (SSSR count).